The summed E-state index contributed by atoms with van der Waals surface area (Å²) in [4.78, 5) is 17.0. The van der Waals surface area contributed by atoms with Crippen LogP contribution in [0.3, 0.4) is 0 Å². The van der Waals surface area contributed by atoms with Crippen LogP contribution in [0.2, 0.25) is 0 Å². The molecule has 0 atom stereocenters. The molecule has 0 aliphatic heterocycles. The van der Waals surface area contributed by atoms with E-state index in [0.29, 0.717) is 62.6 Å². The second-order valence-corrected chi connectivity index (χ2v) is 11.3. The third-order valence-corrected chi connectivity index (χ3v) is 7.14. The fraction of sp³-hybridized carbons (Fsp3) is 0.188. The molecule has 4 aromatic heterocycles. The van der Waals surface area contributed by atoms with Crippen LogP contribution in [0, 0.1) is 17.0 Å². The third kappa shape index (κ3) is 5.12. The van der Waals surface area contributed by atoms with Gasteiger partial charge in [-0.2, -0.15) is 5.10 Å². The van der Waals surface area contributed by atoms with Gasteiger partial charge in [0.25, 0.3) is 0 Å². The summed E-state index contributed by atoms with van der Waals surface area (Å²) in [6, 6.07) is 11.6. The lowest BCUT2D eigenvalue weighted by atomic mass is 9.93. The third-order valence-electron chi connectivity index (χ3n) is 7.14. The number of nitrogens with one attached hydrogen (secondary N) is 4. The van der Waals surface area contributed by atoms with E-state index in [0.717, 1.165) is 16.8 Å². The molecule has 4 heterocycles. The van der Waals surface area contributed by atoms with Crippen LogP contribution in [0.25, 0.3) is 55.8 Å². The number of rotatable bonds is 7. The van der Waals surface area contributed by atoms with Crippen molar-refractivity contribution in [3.63, 3.8) is 0 Å². The molecule has 42 heavy (non-hydrogen) atoms. The summed E-state index contributed by atoms with van der Waals surface area (Å²) in [5.74, 6) is -0.285. The minimum atomic E-state index is -0.411. The van der Waals surface area contributed by atoms with Gasteiger partial charge in [-0.3, -0.25) is 15.1 Å². The molecule has 0 aliphatic carbocycles. The molecule has 10 heteroatoms. The zero-order chi connectivity index (χ0) is 29.6. The molecule has 6 rings (SSSR count). The van der Waals surface area contributed by atoms with Crippen molar-refractivity contribution in [1.29, 1.82) is 0 Å². The Bertz CT molecular complexity index is 1970. The van der Waals surface area contributed by atoms with E-state index in [4.69, 9.17) is 4.98 Å². The molecule has 212 valence electrons. The lowest BCUT2D eigenvalue weighted by molar-refractivity contribution is 0.509. The molecule has 2 aromatic carbocycles. The van der Waals surface area contributed by atoms with Crippen LogP contribution in [0.4, 0.5) is 14.5 Å². The second kappa shape index (κ2) is 10.5. The van der Waals surface area contributed by atoms with Crippen LogP contribution >= 0.6 is 0 Å². The largest absolute Gasteiger partial charge is 0.358 e. The highest BCUT2D eigenvalue weighted by Crippen LogP contribution is 2.35. The molecule has 0 saturated heterocycles. The number of hydrogen-bond acceptors (Lipinski definition) is 6. The second-order valence-electron chi connectivity index (χ2n) is 11.3. The first-order valence-electron chi connectivity index (χ1n) is 13.5. The first kappa shape index (κ1) is 27.2. The van der Waals surface area contributed by atoms with Crippen molar-refractivity contribution in [2.24, 2.45) is 5.41 Å². The minimum absolute atomic E-state index is 0.155. The molecule has 6 aromatic rings. The number of halogens is 2. The number of imidazole rings is 1. The van der Waals surface area contributed by atoms with Gasteiger partial charge >= 0.3 is 0 Å². The van der Waals surface area contributed by atoms with Gasteiger partial charge in [-0.25, -0.2) is 13.8 Å². The SMILES string of the molecule is C=C(Nc1cncc(-c2cc3c(-c4nc5c(-c6cc(F)cc(CNC)c6)nccc5[nH]4)n[nH]c3cc2F)c1)C(C)(C)C. The van der Waals surface area contributed by atoms with Gasteiger partial charge in [-0.15, -0.1) is 0 Å². The maximum Gasteiger partial charge on any atom is 0.159 e. The lowest BCUT2D eigenvalue weighted by Gasteiger charge is -2.23. The predicted molar refractivity (Wildman–Crippen MR) is 163 cm³/mol. The molecule has 0 radical (unpaired) electrons. The maximum absolute atomic E-state index is 15.3. The van der Waals surface area contributed by atoms with Crippen LogP contribution in [0.1, 0.15) is 26.3 Å². The van der Waals surface area contributed by atoms with E-state index in [1.807, 2.05) is 19.2 Å². The highest BCUT2D eigenvalue weighted by molar-refractivity contribution is 5.97. The van der Waals surface area contributed by atoms with E-state index in [1.165, 1.54) is 18.2 Å². The minimum Gasteiger partial charge on any atom is -0.358 e. The van der Waals surface area contributed by atoms with Crippen molar-refractivity contribution in [1.82, 2.24) is 35.5 Å². The van der Waals surface area contributed by atoms with Gasteiger partial charge in [0.15, 0.2) is 5.82 Å². The number of aromatic amines is 2. The molecule has 4 N–H and O–H groups in total. The molecular weight excluding hydrogens is 534 g/mol. The predicted octanol–water partition coefficient (Wildman–Crippen LogP) is 7.20. The van der Waals surface area contributed by atoms with Crippen molar-refractivity contribution in [2.45, 2.75) is 27.3 Å². The topological polar surface area (TPSA) is 107 Å². The van der Waals surface area contributed by atoms with Gasteiger partial charge in [-0.05, 0) is 49.0 Å². The Morgan fingerprint density at radius 2 is 1.81 bits per heavy atom. The zero-order valence-electron chi connectivity index (χ0n) is 23.7. The standard InChI is InChI=1S/C32H30F2N8/c1-17(32(2,3)4)38-22-11-20(15-36-16-22)23-12-24-27(13-25(23)34)41-42-29(24)31-39-26-6-7-37-28(30(26)40-31)19-8-18(14-35-5)9-21(33)10-19/h6-13,15-16,35,38H,1,14H2,2-5H3,(H,39,40)(H,41,42). The Labute approximate surface area is 241 Å². The number of anilines is 1. The summed E-state index contributed by atoms with van der Waals surface area (Å²) in [6.07, 6.45) is 4.96. The van der Waals surface area contributed by atoms with Crippen LogP contribution < -0.4 is 10.6 Å². The molecule has 0 aliphatic rings. The Hall–Kier alpha value is -4.96. The number of aromatic nitrogens is 6. The summed E-state index contributed by atoms with van der Waals surface area (Å²) in [5.41, 5.74) is 6.66. The summed E-state index contributed by atoms with van der Waals surface area (Å²) >= 11 is 0. The molecule has 0 amide bonds. The van der Waals surface area contributed by atoms with Crippen LogP contribution in [0.5, 0.6) is 0 Å². The van der Waals surface area contributed by atoms with Crippen LogP contribution in [-0.2, 0) is 6.54 Å². The van der Waals surface area contributed by atoms with Crippen molar-refractivity contribution < 1.29 is 8.78 Å². The van der Waals surface area contributed by atoms with Crippen molar-refractivity contribution in [2.75, 3.05) is 12.4 Å². The molecule has 0 bridgehead atoms. The highest BCUT2D eigenvalue weighted by atomic mass is 19.1. The van der Waals surface area contributed by atoms with Crippen LogP contribution in [0.15, 0.2) is 73.3 Å². The van der Waals surface area contributed by atoms with E-state index < -0.39 is 5.82 Å². The van der Waals surface area contributed by atoms with Gasteiger partial charge in [-0.1, -0.05) is 27.4 Å². The van der Waals surface area contributed by atoms with E-state index >= 15 is 4.39 Å². The summed E-state index contributed by atoms with van der Waals surface area (Å²) in [7, 11) is 1.81. The molecule has 0 saturated carbocycles. The van der Waals surface area contributed by atoms with Gasteiger partial charge in [0.1, 0.15) is 22.8 Å². The van der Waals surface area contributed by atoms with Crippen molar-refractivity contribution in [3.05, 3.63) is 90.5 Å². The highest BCUT2D eigenvalue weighted by Gasteiger charge is 2.20. The Kier molecular flexibility index (Phi) is 6.78. The molecule has 0 fully saturated rings. The monoisotopic (exact) mass is 564 g/mol. The summed E-state index contributed by atoms with van der Waals surface area (Å²) in [5, 5.41) is 14.4. The average molecular weight is 565 g/mol. The normalized spacial score (nSPS) is 11.9. The van der Waals surface area contributed by atoms with Crippen LogP contribution in [-0.4, -0.2) is 37.2 Å². The van der Waals surface area contributed by atoms with E-state index in [2.05, 4.69) is 63.1 Å². The lowest BCUT2D eigenvalue weighted by Crippen LogP contribution is -2.15. The number of H-pyrrole nitrogens is 2. The quantitative estimate of drug-likeness (QED) is 0.163. The summed E-state index contributed by atoms with van der Waals surface area (Å²) < 4.78 is 29.8. The molecular formula is C32H30F2N8. The first-order chi connectivity index (χ1) is 20.1. The van der Waals surface area contributed by atoms with E-state index in [-0.39, 0.29) is 11.2 Å². The molecule has 0 spiro atoms. The number of fused-ring (bicyclic) bond motifs is 2. The number of benzene rings is 2. The Morgan fingerprint density at radius 3 is 2.60 bits per heavy atom. The Balaban J connectivity index is 1.42. The molecule has 0 unspecified atom stereocenters. The van der Waals surface area contributed by atoms with Crippen molar-refractivity contribution >= 4 is 27.6 Å². The maximum atomic E-state index is 15.3. The number of nitrogens with zero attached hydrogens (tertiary/aromatic N) is 4. The fourth-order valence-corrected chi connectivity index (χ4v) is 4.81. The Morgan fingerprint density at radius 1 is 0.976 bits per heavy atom. The number of pyridine rings is 2. The van der Waals surface area contributed by atoms with Gasteiger partial charge in [0.2, 0.25) is 0 Å². The molecule has 8 nitrogen and oxygen atoms in total. The fourth-order valence-electron chi connectivity index (χ4n) is 4.81. The van der Waals surface area contributed by atoms with Crippen molar-refractivity contribution in [3.8, 4) is 33.9 Å². The van der Waals surface area contributed by atoms with E-state index in [9.17, 15) is 4.39 Å². The first-order valence-corrected chi connectivity index (χ1v) is 13.5. The smallest absolute Gasteiger partial charge is 0.159 e. The van der Waals surface area contributed by atoms with Gasteiger partial charge in [0, 0.05) is 58.2 Å². The zero-order valence-corrected chi connectivity index (χ0v) is 23.7. The van der Waals surface area contributed by atoms with Gasteiger partial charge in [0.05, 0.1) is 28.6 Å². The van der Waals surface area contributed by atoms with E-state index in [1.54, 1.807) is 30.7 Å². The number of allylic oxidation sites excluding steroid dienone is 1. The van der Waals surface area contributed by atoms with Gasteiger partial charge < -0.3 is 15.6 Å². The summed E-state index contributed by atoms with van der Waals surface area (Å²) in [6.45, 7) is 10.8. The average Bonchev–Trinajstić information content (AvgIpc) is 3.55. The number of hydrogen-bond donors (Lipinski definition) is 4.